The SMILES string of the molecule is C=CCn1c(SCC(=O)Nc2sc(CC)cc2C(=O)OC)nnc1C(C)Oc1cc(C)ccc1Cl. The summed E-state index contributed by atoms with van der Waals surface area (Å²) in [6.45, 7) is 10.1. The molecule has 0 bridgehead atoms. The Morgan fingerprint density at radius 2 is 2.11 bits per heavy atom. The summed E-state index contributed by atoms with van der Waals surface area (Å²) < 4.78 is 12.7. The number of amides is 1. The molecule has 8 nitrogen and oxygen atoms in total. The zero-order chi connectivity index (χ0) is 25.5. The number of rotatable bonds is 11. The van der Waals surface area contributed by atoms with Gasteiger partial charge in [-0.05, 0) is 44.0 Å². The second-order valence-electron chi connectivity index (χ2n) is 7.57. The van der Waals surface area contributed by atoms with Crippen LogP contribution in [0.4, 0.5) is 5.00 Å². The van der Waals surface area contributed by atoms with Crippen LogP contribution < -0.4 is 10.1 Å². The Labute approximate surface area is 217 Å². The highest BCUT2D eigenvalue weighted by Gasteiger charge is 2.22. The molecule has 1 N–H and O–H groups in total. The number of hydrogen-bond donors (Lipinski definition) is 1. The Bertz CT molecular complexity index is 1220. The summed E-state index contributed by atoms with van der Waals surface area (Å²) in [5.41, 5.74) is 1.38. The molecule has 0 spiro atoms. The van der Waals surface area contributed by atoms with Crippen LogP contribution >= 0.6 is 34.7 Å². The van der Waals surface area contributed by atoms with Gasteiger partial charge in [0, 0.05) is 11.4 Å². The number of thiophene rings is 1. The minimum atomic E-state index is -0.484. The third-order valence-electron chi connectivity index (χ3n) is 4.93. The van der Waals surface area contributed by atoms with Gasteiger partial charge < -0.3 is 14.8 Å². The van der Waals surface area contributed by atoms with Crippen molar-refractivity contribution >= 4 is 51.6 Å². The summed E-state index contributed by atoms with van der Waals surface area (Å²) in [7, 11) is 1.31. The Morgan fingerprint density at radius 3 is 2.80 bits per heavy atom. The van der Waals surface area contributed by atoms with Crippen LogP contribution in [0, 0.1) is 6.92 Å². The molecule has 1 aromatic carbocycles. The number of carbonyl (C=O) groups is 2. The highest BCUT2D eigenvalue weighted by atomic mass is 35.5. The van der Waals surface area contributed by atoms with E-state index in [-0.39, 0.29) is 11.7 Å². The van der Waals surface area contributed by atoms with E-state index in [1.165, 1.54) is 30.2 Å². The van der Waals surface area contributed by atoms with E-state index in [4.69, 9.17) is 21.1 Å². The maximum absolute atomic E-state index is 12.7. The van der Waals surface area contributed by atoms with Crippen molar-refractivity contribution in [2.45, 2.75) is 45.0 Å². The van der Waals surface area contributed by atoms with Gasteiger partial charge in [0.15, 0.2) is 17.1 Å². The number of hydrogen-bond acceptors (Lipinski definition) is 8. The highest BCUT2D eigenvalue weighted by Crippen LogP contribution is 2.32. The number of ether oxygens (including phenoxy) is 2. The largest absolute Gasteiger partial charge is 0.481 e. The molecular formula is C24H27ClN4O4S2. The van der Waals surface area contributed by atoms with E-state index in [2.05, 4.69) is 22.1 Å². The molecule has 1 amide bonds. The molecule has 11 heteroatoms. The number of esters is 1. The van der Waals surface area contributed by atoms with Crippen molar-refractivity contribution in [3.05, 3.63) is 63.8 Å². The first kappa shape index (κ1) is 26.8. The first-order chi connectivity index (χ1) is 16.8. The number of aryl methyl sites for hydroxylation is 2. The van der Waals surface area contributed by atoms with Gasteiger partial charge in [-0.2, -0.15) is 0 Å². The molecule has 0 aliphatic heterocycles. The predicted octanol–water partition coefficient (Wildman–Crippen LogP) is 5.71. The number of halogens is 1. The number of aromatic nitrogens is 3. The average Bonchev–Trinajstić information content (AvgIpc) is 3.43. The lowest BCUT2D eigenvalue weighted by Gasteiger charge is -2.17. The number of methoxy groups -OCH3 is 1. The van der Waals surface area contributed by atoms with E-state index in [0.29, 0.717) is 38.9 Å². The molecule has 0 saturated heterocycles. The number of nitrogens with one attached hydrogen (secondary N) is 1. The van der Waals surface area contributed by atoms with Crippen LogP contribution in [0.5, 0.6) is 5.75 Å². The minimum absolute atomic E-state index is 0.0776. The van der Waals surface area contributed by atoms with Crippen molar-refractivity contribution < 1.29 is 19.1 Å². The van der Waals surface area contributed by atoms with Crippen molar-refractivity contribution in [3.8, 4) is 5.75 Å². The van der Waals surface area contributed by atoms with Gasteiger partial charge in [0.2, 0.25) is 5.91 Å². The van der Waals surface area contributed by atoms with Gasteiger partial charge in [0.05, 0.1) is 23.4 Å². The van der Waals surface area contributed by atoms with Crippen LogP contribution in [-0.2, 0) is 22.5 Å². The van der Waals surface area contributed by atoms with Gasteiger partial charge in [-0.15, -0.1) is 28.1 Å². The molecule has 0 fully saturated rings. The summed E-state index contributed by atoms with van der Waals surface area (Å²) in [6.07, 6.45) is 2.04. The summed E-state index contributed by atoms with van der Waals surface area (Å²) >= 11 is 8.87. The molecule has 1 atom stereocenters. The van der Waals surface area contributed by atoms with Gasteiger partial charge in [-0.1, -0.05) is 42.4 Å². The third kappa shape index (κ3) is 6.65. The minimum Gasteiger partial charge on any atom is -0.481 e. The van der Waals surface area contributed by atoms with Gasteiger partial charge in [0.1, 0.15) is 10.8 Å². The van der Waals surface area contributed by atoms with Crippen molar-refractivity contribution in [3.63, 3.8) is 0 Å². The second kappa shape index (κ2) is 12.2. The Hall–Kier alpha value is -2.82. The van der Waals surface area contributed by atoms with E-state index in [9.17, 15) is 9.59 Å². The molecule has 0 radical (unpaired) electrons. The number of nitrogens with zero attached hydrogens (tertiary/aromatic N) is 3. The lowest BCUT2D eigenvalue weighted by molar-refractivity contribution is -0.113. The molecule has 2 heterocycles. The molecule has 2 aromatic heterocycles. The fourth-order valence-electron chi connectivity index (χ4n) is 3.22. The van der Waals surface area contributed by atoms with Crippen LogP contribution in [-0.4, -0.2) is 39.5 Å². The third-order valence-corrected chi connectivity index (χ3v) is 7.41. The van der Waals surface area contributed by atoms with E-state index in [1.807, 2.05) is 37.5 Å². The Morgan fingerprint density at radius 1 is 1.34 bits per heavy atom. The van der Waals surface area contributed by atoms with Crippen LogP contribution in [0.15, 0.2) is 42.1 Å². The summed E-state index contributed by atoms with van der Waals surface area (Å²) in [6, 6.07) is 7.31. The summed E-state index contributed by atoms with van der Waals surface area (Å²) in [5, 5.41) is 12.9. The van der Waals surface area contributed by atoms with E-state index < -0.39 is 12.1 Å². The Balaban J connectivity index is 1.71. The summed E-state index contributed by atoms with van der Waals surface area (Å²) in [4.78, 5) is 25.7. The van der Waals surface area contributed by atoms with Crippen LogP contribution in [0.1, 0.15) is 46.6 Å². The van der Waals surface area contributed by atoms with Crippen molar-refractivity contribution in [1.82, 2.24) is 14.8 Å². The van der Waals surface area contributed by atoms with Crippen LogP contribution in [0.3, 0.4) is 0 Å². The summed E-state index contributed by atoms with van der Waals surface area (Å²) in [5.74, 6) is 0.472. The monoisotopic (exact) mass is 534 g/mol. The number of carbonyl (C=O) groups excluding carboxylic acids is 2. The highest BCUT2D eigenvalue weighted by molar-refractivity contribution is 7.99. The van der Waals surface area contributed by atoms with Gasteiger partial charge in [-0.25, -0.2) is 4.79 Å². The molecule has 35 heavy (non-hydrogen) atoms. The molecule has 0 saturated carbocycles. The maximum Gasteiger partial charge on any atom is 0.340 e. The molecule has 0 aliphatic carbocycles. The average molecular weight is 535 g/mol. The standard InChI is InChI=1S/C24H27ClN4O4S2/c1-6-10-29-21(15(4)33-19-11-14(3)8-9-18(19)25)27-28-24(29)34-13-20(30)26-22-17(23(31)32-5)12-16(7-2)35-22/h6,8-9,11-12,15H,1,7,10,13H2,2-5H3,(H,26,30). The topological polar surface area (TPSA) is 95.3 Å². The first-order valence-corrected chi connectivity index (χ1v) is 13.1. The number of allylic oxidation sites excluding steroid dienone is 1. The number of anilines is 1. The van der Waals surface area contributed by atoms with Crippen LogP contribution in [0.2, 0.25) is 5.02 Å². The van der Waals surface area contributed by atoms with Gasteiger partial charge in [0.25, 0.3) is 0 Å². The molecule has 1 unspecified atom stereocenters. The molecule has 3 rings (SSSR count). The van der Waals surface area contributed by atoms with E-state index in [0.717, 1.165) is 16.9 Å². The molecule has 186 valence electrons. The fourth-order valence-corrected chi connectivity index (χ4v) is 5.13. The van der Waals surface area contributed by atoms with Crippen molar-refractivity contribution in [1.29, 1.82) is 0 Å². The normalized spacial score (nSPS) is 11.7. The molecular weight excluding hydrogens is 508 g/mol. The molecule has 0 aliphatic rings. The zero-order valence-corrected chi connectivity index (χ0v) is 22.4. The lowest BCUT2D eigenvalue weighted by Crippen LogP contribution is -2.16. The van der Waals surface area contributed by atoms with Gasteiger partial charge in [-0.3, -0.25) is 9.36 Å². The van der Waals surface area contributed by atoms with Gasteiger partial charge >= 0.3 is 5.97 Å². The second-order valence-corrected chi connectivity index (χ2v) is 10.1. The van der Waals surface area contributed by atoms with Crippen LogP contribution in [0.25, 0.3) is 0 Å². The quantitative estimate of drug-likeness (QED) is 0.191. The van der Waals surface area contributed by atoms with E-state index in [1.54, 1.807) is 18.2 Å². The van der Waals surface area contributed by atoms with Crippen molar-refractivity contribution in [2.24, 2.45) is 0 Å². The predicted molar refractivity (Wildman–Crippen MR) is 140 cm³/mol. The van der Waals surface area contributed by atoms with Crippen molar-refractivity contribution in [2.75, 3.05) is 18.2 Å². The lowest BCUT2D eigenvalue weighted by atomic mass is 10.2. The first-order valence-electron chi connectivity index (χ1n) is 10.9. The maximum atomic E-state index is 12.7. The molecule has 3 aromatic rings. The number of benzene rings is 1. The Kier molecular flexibility index (Phi) is 9.36. The smallest absolute Gasteiger partial charge is 0.340 e. The van der Waals surface area contributed by atoms with E-state index >= 15 is 0 Å². The number of thioether (sulfide) groups is 1. The zero-order valence-electron chi connectivity index (χ0n) is 20.0. The fraction of sp³-hybridized carbons (Fsp3) is 0.333.